The standard InChI is InChI=1S/C15H19BrN2O4S/c1-10(12-3-4-14(22-2)13(16)8-12)17-18-15(19)7-11-5-6-23(20,21)9-11/h3-4,8,11H,5-7,9H2,1-2H3,(H,18,19)/b17-10-/t11-/m0/s1. The number of halogens is 1. The summed E-state index contributed by atoms with van der Waals surface area (Å²) in [5, 5.41) is 4.08. The Bertz CT molecular complexity index is 731. The molecule has 0 radical (unpaired) electrons. The third-order valence-corrected chi connectivity index (χ3v) is 6.18. The van der Waals surface area contributed by atoms with Gasteiger partial charge in [-0.25, -0.2) is 13.8 Å². The smallest absolute Gasteiger partial charge is 0.240 e. The van der Waals surface area contributed by atoms with Gasteiger partial charge < -0.3 is 4.74 Å². The van der Waals surface area contributed by atoms with E-state index in [1.807, 2.05) is 18.2 Å². The van der Waals surface area contributed by atoms with E-state index in [1.54, 1.807) is 14.0 Å². The summed E-state index contributed by atoms with van der Waals surface area (Å²) in [5.74, 6) is 0.611. The van der Waals surface area contributed by atoms with Gasteiger partial charge in [-0.3, -0.25) is 4.79 Å². The molecule has 1 fully saturated rings. The monoisotopic (exact) mass is 402 g/mol. The van der Waals surface area contributed by atoms with Crippen LogP contribution in [0.25, 0.3) is 0 Å². The van der Waals surface area contributed by atoms with E-state index in [4.69, 9.17) is 4.74 Å². The lowest BCUT2D eigenvalue weighted by Crippen LogP contribution is -2.22. The predicted molar refractivity (Wildman–Crippen MR) is 92.4 cm³/mol. The number of methoxy groups -OCH3 is 1. The maximum Gasteiger partial charge on any atom is 0.240 e. The summed E-state index contributed by atoms with van der Waals surface area (Å²) in [7, 11) is -1.37. The van der Waals surface area contributed by atoms with Crippen molar-refractivity contribution >= 4 is 37.4 Å². The number of hydrogen-bond donors (Lipinski definition) is 1. The molecule has 1 atom stereocenters. The normalized spacial score (nSPS) is 20.3. The third-order valence-electron chi connectivity index (χ3n) is 3.72. The van der Waals surface area contributed by atoms with Gasteiger partial charge in [0.25, 0.3) is 0 Å². The van der Waals surface area contributed by atoms with E-state index < -0.39 is 9.84 Å². The van der Waals surface area contributed by atoms with Crippen LogP contribution in [0.4, 0.5) is 0 Å². The Morgan fingerprint density at radius 1 is 1.48 bits per heavy atom. The number of rotatable bonds is 5. The van der Waals surface area contributed by atoms with E-state index >= 15 is 0 Å². The quantitative estimate of drug-likeness (QED) is 0.603. The maximum absolute atomic E-state index is 11.9. The van der Waals surface area contributed by atoms with Crippen LogP contribution in [0.3, 0.4) is 0 Å². The van der Waals surface area contributed by atoms with Crippen LogP contribution in [0.2, 0.25) is 0 Å². The molecule has 1 aromatic rings. The summed E-state index contributed by atoms with van der Waals surface area (Å²) >= 11 is 3.40. The Labute approximate surface area is 144 Å². The Morgan fingerprint density at radius 3 is 2.78 bits per heavy atom. The van der Waals surface area contributed by atoms with Crippen molar-refractivity contribution in [2.24, 2.45) is 11.0 Å². The van der Waals surface area contributed by atoms with Gasteiger partial charge in [0.15, 0.2) is 9.84 Å². The molecule has 0 aliphatic carbocycles. The fourth-order valence-corrected chi connectivity index (χ4v) is 4.85. The van der Waals surface area contributed by atoms with E-state index in [-0.39, 0.29) is 29.8 Å². The number of hydrogen-bond acceptors (Lipinski definition) is 5. The highest BCUT2D eigenvalue weighted by Gasteiger charge is 2.29. The second-order valence-corrected chi connectivity index (χ2v) is 8.64. The fourth-order valence-electron chi connectivity index (χ4n) is 2.44. The van der Waals surface area contributed by atoms with Gasteiger partial charge in [-0.2, -0.15) is 5.10 Å². The van der Waals surface area contributed by atoms with E-state index in [0.717, 1.165) is 10.0 Å². The van der Waals surface area contributed by atoms with Crippen LogP contribution in [0.5, 0.6) is 5.75 Å². The molecule has 1 saturated heterocycles. The number of amides is 1. The summed E-state index contributed by atoms with van der Waals surface area (Å²) in [5.41, 5.74) is 3.99. The van der Waals surface area contributed by atoms with Crippen molar-refractivity contribution in [3.63, 3.8) is 0 Å². The summed E-state index contributed by atoms with van der Waals surface area (Å²) in [4.78, 5) is 11.9. The molecule has 126 valence electrons. The number of nitrogens with one attached hydrogen (secondary N) is 1. The Morgan fingerprint density at radius 2 is 2.22 bits per heavy atom. The SMILES string of the molecule is COc1ccc(/C(C)=N\NC(=O)C[C@@H]2CCS(=O)(=O)C2)cc1Br. The number of carbonyl (C=O) groups excluding carboxylic acids is 1. The van der Waals surface area contributed by atoms with Gasteiger partial charge >= 0.3 is 0 Å². The predicted octanol–water partition coefficient (Wildman–Crippen LogP) is 2.12. The van der Waals surface area contributed by atoms with Crippen molar-refractivity contribution in [3.05, 3.63) is 28.2 Å². The average molecular weight is 403 g/mol. The zero-order valence-corrected chi connectivity index (χ0v) is 15.4. The first-order valence-corrected chi connectivity index (χ1v) is 9.79. The van der Waals surface area contributed by atoms with Gasteiger partial charge in [-0.1, -0.05) is 0 Å². The first-order chi connectivity index (χ1) is 10.8. The number of hydrazone groups is 1. The number of ether oxygens (including phenoxy) is 1. The lowest BCUT2D eigenvalue weighted by molar-refractivity contribution is -0.121. The maximum atomic E-state index is 11.9. The minimum atomic E-state index is -2.96. The van der Waals surface area contributed by atoms with Crippen molar-refractivity contribution in [1.82, 2.24) is 5.43 Å². The van der Waals surface area contributed by atoms with Crippen LogP contribution in [-0.4, -0.2) is 38.7 Å². The lowest BCUT2D eigenvalue weighted by Gasteiger charge is -2.08. The van der Waals surface area contributed by atoms with E-state index in [1.165, 1.54) is 0 Å². The minimum Gasteiger partial charge on any atom is -0.496 e. The highest BCUT2D eigenvalue weighted by atomic mass is 79.9. The first-order valence-electron chi connectivity index (χ1n) is 7.18. The third kappa shape index (κ3) is 5.04. The molecule has 0 saturated carbocycles. The van der Waals surface area contributed by atoms with Crippen LogP contribution in [-0.2, 0) is 14.6 Å². The fraction of sp³-hybridized carbons (Fsp3) is 0.467. The van der Waals surface area contributed by atoms with Gasteiger partial charge in [-0.05, 0) is 59.0 Å². The summed E-state index contributed by atoms with van der Waals surface area (Å²) in [6.07, 6.45) is 0.728. The van der Waals surface area contributed by atoms with Crippen LogP contribution in [0.15, 0.2) is 27.8 Å². The molecule has 0 aromatic heterocycles. The minimum absolute atomic E-state index is 0.0918. The Kier molecular flexibility index (Phi) is 5.80. The Hall–Kier alpha value is -1.41. The molecule has 6 nitrogen and oxygen atoms in total. The van der Waals surface area contributed by atoms with Gasteiger partial charge in [0.2, 0.25) is 5.91 Å². The molecule has 0 spiro atoms. The first kappa shape index (κ1) is 17.9. The van der Waals surface area contributed by atoms with Gasteiger partial charge in [0.05, 0.1) is 28.8 Å². The van der Waals surface area contributed by atoms with E-state index in [2.05, 4.69) is 26.5 Å². The molecule has 23 heavy (non-hydrogen) atoms. The molecule has 8 heteroatoms. The average Bonchev–Trinajstić information content (AvgIpc) is 2.83. The second kappa shape index (κ2) is 7.44. The van der Waals surface area contributed by atoms with Gasteiger partial charge in [0, 0.05) is 6.42 Å². The zero-order chi connectivity index (χ0) is 17.0. The van der Waals surface area contributed by atoms with Crippen molar-refractivity contribution in [3.8, 4) is 5.75 Å². The molecule has 1 heterocycles. The second-order valence-electron chi connectivity index (χ2n) is 5.55. The highest BCUT2D eigenvalue weighted by molar-refractivity contribution is 9.10. The molecule has 1 N–H and O–H groups in total. The summed E-state index contributed by atoms with van der Waals surface area (Å²) < 4.78 is 28.7. The van der Waals surface area contributed by atoms with Gasteiger partial charge in [0.1, 0.15) is 5.75 Å². The van der Waals surface area contributed by atoms with Crippen LogP contribution >= 0.6 is 15.9 Å². The number of sulfone groups is 1. The Balaban J connectivity index is 1.94. The summed E-state index contributed by atoms with van der Waals surface area (Å²) in [6, 6.07) is 5.51. The molecular formula is C15H19BrN2O4S. The van der Waals surface area contributed by atoms with Crippen molar-refractivity contribution in [2.75, 3.05) is 18.6 Å². The number of benzene rings is 1. The molecule has 1 aliphatic rings. The number of nitrogens with zero attached hydrogens (tertiary/aromatic N) is 1. The molecule has 1 amide bonds. The molecule has 0 bridgehead atoms. The van der Waals surface area contributed by atoms with Gasteiger partial charge in [-0.15, -0.1) is 0 Å². The largest absolute Gasteiger partial charge is 0.496 e. The molecule has 2 rings (SSSR count). The molecule has 1 aromatic carbocycles. The van der Waals surface area contributed by atoms with Crippen molar-refractivity contribution in [2.45, 2.75) is 19.8 Å². The van der Waals surface area contributed by atoms with Crippen LogP contribution in [0.1, 0.15) is 25.3 Å². The molecular weight excluding hydrogens is 384 g/mol. The van der Waals surface area contributed by atoms with Crippen LogP contribution in [0, 0.1) is 5.92 Å². The summed E-state index contributed by atoms with van der Waals surface area (Å²) in [6.45, 7) is 1.79. The molecule has 1 aliphatic heterocycles. The topological polar surface area (TPSA) is 84.8 Å². The van der Waals surface area contributed by atoms with Crippen molar-refractivity contribution < 1.29 is 17.9 Å². The zero-order valence-electron chi connectivity index (χ0n) is 13.0. The number of carbonyl (C=O) groups is 1. The van der Waals surface area contributed by atoms with Crippen molar-refractivity contribution in [1.29, 1.82) is 0 Å². The van der Waals surface area contributed by atoms with E-state index in [0.29, 0.717) is 17.9 Å². The van der Waals surface area contributed by atoms with Crippen LogP contribution < -0.4 is 10.2 Å². The highest BCUT2D eigenvalue weighted by Crippen LogP contribution is 2.25. The lowest BCUT2D eigenvalue weighted by atomic mass is 10.1. The molecule has 0 unspecified atom stereocenters. The van der Waals surface area contributed by atoms with E-state index in [9.17, 15) is 13.2 Å².